The van der Waals surface area contributed by atoms with Crippen molar-refractivity contribution in [2.45, 2.75) is 6.54 Å². The first-order chi connectivity index (χ1) is 10.7. The maximum Gasteiger partial charge on any atom is 0.225 e. The fourth-order valence-electron chi connectivity index (χ4n) is 2.29. The van der Waals surface area contributed by atoms with E-state index in [2.05, 4.69) is 46.8 Å². The molecule has 1 fully saturated rings. The maximum atomic E-state index is 6.11. The van der Waals surface area contributed by atoms with Crippen molar-refractivity contribution in [2.24, 2.45) is 10.7 Å². The standard InChI is InChI=1S/C14H17BrN6S.HI/c15-12-11(2-9-22-12)10-19-13(16)20-5-7-21(8-6-20)14-17-3-1-4-18-14;/h1-4,9H,5-8,10H2,(H2,16,19);1H. The monoisotopic (exact) mass is 508 g/mol. The molecule has 3 rings (SSSR count). The zero-order chi connectivity index (χ0) is 15.4. The lowest BCUT2D eigenvalue weighted by atomic mass is 10.3. The fraction of sp³-hybridized carbons (Fsp3) is 0.357. The summed E-state index contributed by atoms with van der Waals surface area (Å²) in [7, 11) is 0. The van der Waals surface area contributed by atoms with Crippen LogP contribution in [0.1, 0.15) is 5.56 Å². The Morgan fingerprint density at radius 3 is 2.57 bits per heavy atom. The van der Waals surface area contributed by atoms with Crippen molar-refractivity contribution in [1.29, 1.82) is 0 Å². The molecule has 0 aromatic carbocycles. The quantitative estimate of drug-likeness (QED) is 0.392. The van der Waals surface area contributed by atoms with Crippen LogP contribution in [-0.4, -0.2) is 47.0 Å². The van der Waals surface area contributed by atoms with Crippen molar-refractivity contribution in [3.05, 3.63) is 39.3 Å². The highest BCUT2D eigenvalue weighted by atomic mass is 127. The summed E-state index contributed by atoms with van der Waals surface area (Å²) in [6.07, 6.45) is 3.53. The number of nitrogens with two attached hydrogens (primary N) is 1. The second kappa shape index (κ2) is 8.78. The second-order valence-corrected chi connectivity index (χ2v) is 7.15. The highest BCUT2D eigenvalue weighted by Crippen LogP contribution is 2.24. The molecule has 0 bridgehead atoms. The van der Waals surface area contributed by atoms with E-state index in [1.54, 1.807) is 23.7 Å². The predicted octanol–water partition coefficient (Wildman–Crippen LogP) is 2.56. The van der Waals surface area contributed by atoms with Gasteiger partial charge in [-0.3, -0.25) is 0 Å². The summed E-state index contributed by atoms with van der Waals surface area (Å²) >= 11 is 5.18. The number of anilines is 1. The molecule has 1 saturated heterocycles. The summed E-state index contributed by atoms with van der Waals surface area (Å²) in [6.45, 7) is 3.97. The fourth-order valence-corrected chi connectivity index (χ4v) is 3.51. The number of hydrogen-bond acceptors (Lipinski definition) is 5. The Hall–Kier alpha value is -0.940. The summed E-state index contributed by atoms with van der Waals surface area (Å²) < 4.78 is 1.12. The average Bonchev–Trinajstić information content (AvgIpc) is 2.99. The van der Waals surface area contributed by atoms with E-state index in [0.717, 1.165) is 35.9 Å². The van der Waals surface area contributed by atoms with E-state index >= 15 is 0 Å². The highest BCUT2D eigenvalue weighted by molar-refractivity contribution is 14.0. The highest BCUT2D eigenvalue weighted by Gasteiger charge is 2.19. The number of aromatic nitrogens is 2. The van der Waals surface area contributed by atoms with Crippen LogP contribution in [0.4, 0.5) is 5.95 Å². The third-order valence-corrected chi connectivity index (χ3v) is 5.35. The number of hydrogen-bond donors (Lipinski definition) is 1. The number of guanidine groups is 1. The van der Waals surface area contributed by atoms with E-state index in [1.165, 1.54) is 5.56 Å². The van der Waals surface area contributed by atoms with E-state index in [-0.39, 0.29) is 24.0 Å². The minimum absolute atomic E-state index is 0. The number of piperazine rings is 1. The first kappa shape index (κ1) is 18.4. The van der Waals surface area contributed by atoms with Gasteiger partial charge in [0.2, 0.25) is 5.95 Å². The van der Waals surface area contributed by atoms with Crippen molar-refractivity contribution in [1.82, 2.24) is 14.9 Å². The minimum Gasteiger partial charge on any atom is -0.370 e. The van der Waals surface area contributed by atoms with Crippen LogP contribution < -0.4 is 10.6 Å². The van der Waals surface area contributed by atoms with Crippen LogP contribution in [0.5, 0.6) is 0 Å². The molecule has 2 aromatic heterocycles. The normalized spacial score (nSPS) is 15.4. The Labute approximate surface area is 165 Å². The van der Waals surface area contributed by atoms with Gasteiger partial charge in [0.05, 0.1) is 10.3 Å². The first-order valence-electron chi connectivity index (χ1n) is 7.03. The van der Waals surface area contributed by atoms with Crippen LogP contribution >= 0.6 is 51.2 Å². The van der Waals surface area contributed by atoms with Gasteiger partial charge in [-0.2, -0.15) is 0 Å². The average molecular weight is 509 g/mol. The molecular formula is C14H18BrIN6S. The van der Waals surface area contributed by atoms with Gasteiger partial charge >= 0.3 is 0 Å². The molecule has 2 N–H and O–H groups in total. The summed E-state index contributed by atoms with van der Waals surface area (Å²) in [5.74, 6) is 1.38. The van der Waals surface area contributed by atoms with E-state index in [1.807, 2.05) is 11.4 Å². The summed E-state index contributed by atoms with van der Waals surface area (Å²) in [5, 5.41) is 2.05. The van der Waals surface area contributed by atoms with Crippen molar-refractivity contribution in [2.75, 3.05) is 31.1 Å². The lowest BCUT2D eigenvalue weighted by Crippen LogP contribution is -2.51. The molecule has 0 aliphatic carbocycles. The van der Waals surface area contributed by atoms with Crippen LogP contribution in [0.15, 0.2) is 38.7 Å². The lowest BCUT2D eigenvalue weighted by molar-refractivity contribution is 0.378. The van der Waals surface area contributed by atoms with E-state index in [9.17, 15) is 0 Å². The summed E-state index contributed by atoms with van der Waals surface area (Å²) in [5.41, 5.74) is 7.28. The van der Waals surface area contributed by atoms with Crippen LogP contribution in [0.25, 0.3) is 0 Å². The minimum atomic E-state index is 0. The number of nitrogens with zero attached hydrogens (tertiary/aromatic N) is 5. The van der Waals surface area contributed by atoms with E-state index in [4.69, 9.17) is 5.73 Å². The van der Waals surface area contributed by atoms with E-state index in [0.29, 0.717) is 12.5 Å². The van der Waals surface area contributed by atoms with Gasteiger partial charge in [0.1, 0.15) is 0 Å². The molecule has 0 radical (unpaired) electrons. The van der Waals surface area contributed by atoms with Gasteiger partial charge in [0, 0.05) is 38.6 Å². The summed E-state index contributed by atoms with van der Waals surface area (Å²) in [4.78, 5) is 17.3. The Balaban J connectivity index is 0.00000192. The predicted molar refractivity (Wildman–Crippen MR) is 109 cm³/mol. The lowest BCUT2D eigenvalue weighted by Gasteiger charge is -2.35. The molecule has 6 nitrogen and oxygen atoms in total. The van der Waals surface area contributed by atoms with Gasteiger partial charge in [-0.25, -0.2) is 15.0 Å². The van der Waals surface area contributed by atoms with Gasteiger partial charge < -0.3 is 15.5 Å². The first-order valence-corrected chi connectivity index (χ1v) is 8.70. The van der Waals surface area contributed by atoms with Crippen LogP contribution in [0, 0.1) is 0 Å². The topological polar surface area (TPSA) is 70.6 Å². The zero-order valence-corrected chi connectivity index (χ0v) is 17.2. The molecule has 0 saturated carbocycles. The van der Waals surface area contributed by atoms with Gasteiger partial charge in [-0.15, -0.1) is 35.3 Å². The van der Waals surface area contributed by atoms with Crippen molar-refractivity contribution < 1.29 is 0 Å². The van der Waals surface area contributed by atoms with Crippen molar-refractivity contribution >= 4 is 63.2 Å². The molecule has 3 heterocycles. The molecule has 1 aliphatic heterocycles. The molecule has 2 aromatic rings. The number of thiophene rings is 1. The largest absolute Gasteiger partial charge is 0.370 e. The Morgan fingerprint density at radius 1 is 1.26 bits per heavy atom. The molecule has 9 heteroatoms. The van der Waals surface area contributed by atoms with Crippen molar-refractivity contribution in [3.8, 4) is 0 Å². The molecule has 124 valence electrons. The maximum absolute atomic E-state index is 6.11. The molecular weight excluding hydrogens is 491 g/mol. The molecule has 0 spiro atoms. The zero-order valence-electron chi connectivity index (χ0n) is 12.4. The van der Waals surface area contributed by atoms with Crippen molar-refractivity contribution in [3.63, 3.8) is 0 Å². The molecule has 23 heavy (non-hydrogen) atoms. The SMILES string of the molecule is I.NC(=NCc1ccsc1Br)N1CCN(c2ncccn2)CC1. The third-order valence-electron chi connectivity index (χ3n) is 3.54. The number of halogens is 2. The van der Waals surface area contributed by atoms with Gasteiger partial charge in [0.25, 0.3) is 0 Å². The molecule has 1 aliphatic rings. The van der Waals surface area contributed by atoms with Crippen LogP contribution in [0.3, 0.4) is 0 Å². The number of aliphatic imine (C=N–C) groups is 1. The molecule has 0 atom stereocenters. The van der Waals surface area contributed by atoms with Crippen LogP contribution in [-0.2, 0) is 6.54 Å². The van der Waals surface area contributed by atoms with Gasteiger partial charge in [0.15, 0.2) is 5.96 Å². The van der Waals surface area contributed by atoms with Gasteiger partial charge in [-0.1, -0.05) is 0 Å². The third kappa shape index (κ3) is 4.77. The second-order valence-electron chi connectivity index (χ2n) is 4.92. The van der Waals surface area contributed by atoms with E-state index < -0.39 is 0 Å². The van der Waals surface area contributed by atoms with Crippen LogP contribution in [0.2, 0.25) is 0 Å². The van der Waals surface area contributed by atoms with Gasteiger partial charge in [-0.05, 0) is 39.0 Å². The Morgan fingerprint density at radius 2 is 1.96 bits per heavy atom. The molecule has 0 amide bonds. The Bertz CT molecular complexity index is 642. The Kier molecular flexibility index (Phi) is 7.03. The molecule has 0 unspecified atom stereocenters. The number of rotatable bonds is 3. The smallest absolute Gasteiger partial charge is 0.225 e. The summed E-state index contributed by atoms with van der Waals surface area (Å²) in [6, 6.07) is 3.89.